The lowest BCUT2D eigenvalue weighted by Gasteiger charge is -2.15. The minimum absolute atomic E-state index is 0.216. The van der Waals surface area contributed by atoms with Gasteiger partial charge in [0.1, 0.15) is 17.9 Å². The van der Waals surface area contributed by atoms with Crippen molar-refractivity contribution in [3.8, 4) is 11.6 Å². The number of nitrogens with two attached hydrogens (primary N) is 1. The van der Waals surface area contributed by atoms with Gasteiger partial charge in [0, 0.05) is 23.6 Å². The van der Waals surface area contributed by atoms with E-state index >= 15 is 0 Å². The molecule has 2 aromatic carbocycles. The molecule has 8 nitrogen and oxygen atoms in total. The van der Waals surface area contributed by atoms with E-state index in [0.29, 0.717) is 22.6 Å². The maximum atomic E-state index is 12.3. The number of hydrogen-bond donors (Lipinski definition) is 3. The first-order valence-electron chi connectivity index (χ1n) is 11.9. The van der Waals surface area contributed by atoms with Crippen molar-refractivity contribution in [2.24, 2.45) is 15.7 Å². The molecule has 39 heavy (non-hydrogen) atoms. The second kappa shape index (κ2) is 11.7. The van der Waals surface area contributed by atoms with Crippen LogP contribution in [0.2, 0.25) is 0 Å². The van der Waals surface area contributed by atoms with E-state index < -0.39 is 6.36 Å². The quantitative estimate of drug-likeness (QED) is 0.191. The number of amidine groups is 1. The topological polar surface area (TPSA) is 106 Å². The normalized spacial score (nSPS) is 17.1. The first-order chi connectivity index (χ1) is 18.5. The molecule has 1 aromatic heterocycles. The number of aryl methyl sites for hydroxylation is 2. The Labute approximate surface area is 229 Å². The molecule has 2 atom stereocenters. The molecule has 0 aliphatic heterocycles. The van der Waals surface area contributed by atoms with Gasteiger partial charge in [-0.15, -0.1) is 13.2 Å². The molecule has 3 aromatic rings. The summed E-state index contributed by atoms with van der Waals surface area (Å²) in [6, 6.07) is 14.9. The average Bonchev–Trinajstić information content (AvgIpc) is 3.65. The molecule has 1 aliphatic carbocycles. The zero-order chi connectivity index (χ0) is 28.2. The van der Waals surface area contributed by atoms with Gasteiger partial charge in [-0.05, 0) is 67.9 Å². The van der Waals surface area contributed by atoms with Crippen molar-refractivity contribution in [1.29, 1.82) is 0 Å². The number of methoxy groups -OCH3 is 1. The van der Waals surface area contributed by atoms with Crippen molar-refractivity contribution < 1.29 is 22.6 Å². The summed E-state index contributed by atoms with van der Waals surface area (Å²) < 4.78 is 45.8. The van der Waals surface area contributed by atoms with E-state index in [-0.39, 0.29) is 17.6 Å². The molecular formula is C27H27F3N6O2S. The van der Waals surface area contributed by atoms with E-state index in [1.807, 2.05) is 44.2 Å². The Balaban J connectivity index is 1.29. The number of nitrogens with zero attached hydrogens (tertiary/aromatic N) is 3. The van der Waals surface area contributed by atoms with Crippen molar-refractivity contribution in [2.75, 3.05) is 12.4 Å². The second-order valence-electron chi connectivity index (χ2n) is 8.91. The first-order valence-corrected chi connectivity index (χ1v) is 12.3. The molecule has 0 saturated heterocycles. The molecule has 1 aliphatic rings. The molecule has 1 saturated carbocycles. The molecule has 12 heteroatoms. The Morgan fingerprint density at radius 3 is 2.44 bits per heavy atom. The summed E-state index contributed by atoms with van der Waals surface area (Å²) in [6.07, 6.45) is -2.55. The van der Waals surface area contributed by atoms with Crippen LogP contribution >= 0.6 is 12.2 Å². The summed E-state index contributed by atoms with van der Waals surface area (Å²) in [5.41, 5.74) is 11.0. The van der Waals surface area contributed by atoms with Crippen molar-refractivity contribution in [2.45, 2.75) is 38.6 Å². The van der Waals surface area contributed by atoms with Gasteiger partial charge >= 0.3 is 6.36 Å². The number of alkyl halides is 3. The van der Waals surface area contributed by atoms with E-state index in [1.54, 1.807) is 7.11 Å². The van der Waals surface area contributed by atoms with Crippen LogP contribution in [0.3, 0.4) is 0 Å². The number of rotatable bonds is 8. The van der Waals surface area contributed by atoms with Crippen molar-refractivity contribution in [3.05, 3.63) is 77.0 Å². The van der Waals surface area contributed by atoms with Crippen molar-refractivity contribution >= 4 is 40.9 Å². The van der Waals surface area contributed by atoms with Crippen LogP contribution in [0.4, 0.5) is 24.5 Å². The van der Waals surface area contributed by atoms with Crippen LogP contribution in [0.15, 0.2) is 64.6 Å². The van der Waals surface area contributed by atoms with Crippen LogP contribution in [-0.2, 0) is 0 Å². The zero-order valence-electron chi connectivity index (χ0n) is 21.4. The number of pyridine rings is 1. The molecule has 0 radical (unpaired) electrons. The van der Waals surface area contributed by atoms with Crippen LogP contribution in [0.1, 0.15) is 34.7 Å². The fourth-order valence-corrected chi connectivity index (χ4v) is 4.25. The van der Waals surface area contributed by atoms with E-state index in [0.717, 1.165) is 34.5 Å². The second-order valence-corrected chi connectivity index (χ2v) is 9.32. The molecule has 1 heterocycles. The summed E-state index contributed by atoms with van der Waals surface area (Å²) in [5.74, 6) is 0.817. The highest BCUT2D eigenvalue weighted by Gasteiger charge is 2.39. The van der Waals surface area contributed by atoms with Gasteiger partial charge in [0.25, 0.3) is 0 Å². The zero-order valence-corrected chi connectivity index (χ0v) is 22.2. The number of nitrogens with one attached hydrogen (secondary N) is 2. The average molecular weight is 557 g/mol. The van der Waals surface area contributed by atoms with Gasteiger partial charge in [-0.1, -0.05) is 24.3 Å². The van der Waals surface area contributed by atoms with E-state index in [9.17, 15) is 13.2 Å². The number of ether oxygens (including phenoxy) is 2. The minimum Gasteiger partial charge on any atom is -0.481 e. The number of halogens is 3. The number of anilines is 1. The van der Waals surface area contributed by atoms with E-state index in [4.69, 9.17) is 22.7 Å². The molecule has 204 valence electrons. The molecule has 0 spiro atoms. The number of thiocarbonyl (C=S) groups is 1. The van der Waals surface area contributed by atoms with Gasteiger partial charge in [-0.25, -0.2) is 15.0 Å². The summed E-state index contributed by atoms with van der Waals surface area (Å²) in [4.78, 5) is 12.6. The summed E-state index contributed by atoms with van der Waals surface area (Å²) in [7, 11) is 1.59. The van der Waals surface area contributed by atoms with Crippen LogP contribution in [0.25, 0.3) is 0 Å². The van der Waals surface area contributed by atoms with Crippen LogP contribution < -0.4 is 25.8 Å². The largest absolute Gasteiger partial charge is 0.573 e. The lowest BCUT2D eigenvalue weighted by atomic mass is 10.1. The lowest BCUT2D eigenvalue weighted by molar-refractivity contribution is -0.274. The Kier molecular flexibility index (Phi) is 8.34. The Bertz CT molecular complexity index is 1370. The minimum atomic E-state index is -4.74. The summed E-state index contributed by atoms with van der Waals surface area (Å²) >= 11 is 5.52. The number of benzene rings is 2. The monoisotopic (exact) mass is 556 g/mol. The standard InChI is InChI=1S/C27H27F3N6O2S/c1-15-12-23(37-3)34-16(2)24(15)36-26(39)35-22-13-21(22)17-4-6-18(7-5-17)25(31)33-14-32-19-8-10-20(11-9-19)38-27(28,29)30/h4-12,14,21-22H,13H2,1-3H3,(H2,31,32,33)(H2,35,36,39). The van der Waals surface area contributed by atoms with E-state index in [1.165, 1.54) is 30.6 Å². The third-order valence-electron chi connectivity index (χ3n) is 6.04. The lowest BCUT2D eigenvalue weighted by Crippen LogP contribution is -2.31. The fourth-order valence-electron chi connectivity index (χ4n) is 4.00. The predicted molar refractivity (Wildman–Crippen MR) is 149 cm³/mol. The van der Waals surface area contributed by atoms with Crippen LogP contribution in [0.5, 0.6) is 11.6 Å². The molecule has 1 fully saturated rings. The van der Waals surface area contributed by atoms with Gasteiger partial charge in [0.2, 0.25) is 5.88 Å². The maximum absolute atomic E-state index is 12.3. The third-order valence-corrected chi connectivity index (χ3v) is 6.26. The first kappa shape index (κ1) is 27.8. The molecule has 0 amide bonds. The Hall–Kier alpha value is -4.19. The van der Waals surface area contributed by atoms with E-state index in [2.05, 4.69) is 30.3 Å². The van der Waals surface area contributed by atoms with Gasteiger partial charge in [-0.3, -0.25) is 0 Å². The number of aliphatic imine (C=N–C) groups is 2. The fraction of sp³-hybridized carbons (Fsp3) is 0.259. The molecule has 4 N–H and O–H groups in total. The van der Waals surface area contributed by atoms with Crippen LogP contribution in [0, 0.1) is 13.8 Å². The smallest absolute Gasteiger partial charge is 0.481 e. The van der Waals surface area contributed by atoms with Crippen molar-refractivity contribution in [3.63, 3.8) is 0 Å². The Morgan fingerprint density at radius 1 is 1.13 bits per heavy atom. The van der Waals surface area contributed by atoms with Gasteiger partial charge in [0.15, 0.2) is 5.11 Å². The number of hydrogen-bond acceptors (Lipinski definition) is 5. The maximum Gasteiger partial charge on any atom is 0.573 e. The molecule has 2 unspecified atom stereocenters. The molecular weight excluding hydrogens is 529 g/mol. The highest BCUT2D eigenvalue weighted by Crippen LogP contribution is 2.41. The van der Waals surface area contributed by atoms with Gasteiger partial charge < -0.3 is 25.8 Å². The summed E-state index contributed by atoms with van der Waals surface area (Å²) in [5, 5.41) is 7.15. The van der Waals surface area contributed by atoms with Gasteiger partial charge in [0.05, 0.1) is 24.2 Å². The predicted octanol–water partition coefficient (Wildman–Crippen LogP) is 5.51. The Morgan fingerprint density at radius 2 is 1.82 bits per heavy atom. The molecule has 0 bridgehead atoms. The highest BCUT2D eigenvalue weighted by molar-refractivity contribution is 7.80. The van der Waals surface area contributed by atoms with Crippen molar-refractivity contribution in [1.82, 2.24) is 10.3 Å². The molecule has 4 rings (SSSR count). The SMILES string of the molecule is COc1cc(C)c(NC(=S)NC2CC2c2ccc(C(N)=NC=Nc3ccc(OC(F)(F)F)cc3)cc2)c(C)n1. The number of aromatic nitrogens is 1. The summed E-state index contributed by atoms with van der Waals surface area (Å²) in [6.45, 7) is 3.87. The van der Waals surface area contributed by atoms with Crippen LogP contribution in [-0.4, -0.2) is 41.8 Å². The third kappa shape index (κ3) is 7.66. The highest BCUT2D eigenvalue weighted by atomic mass is 32.1. The van der Waals surface area contributed by atoms with Gasteiger partial charge in [-0.2, -0.15) is 0 Å².